The standard InChI is InChI=1S/C98H56N6O3S/c1-5-20-57(21-6-1)69-51-81(90-76-30-15-17-33-82(76)105-86(90)54-69)80-52-70(49-64-28-13-14-29-71(64)80)97-101-94(61-26-11-4-12-27-61)103-98(104-97)79-32-19-35-84-89(79)78-45-41-62(53-85(78)106-84)63-40-43-74-75-44-42-67(56-88(75)108-87(74)55-63)96-100-93(60-24-9-3-10-25-60)99-95(102-96)66-39-37-58-36-38-65(48-68(58)50-66)72-46-47-73(59-22-7-2-8-23-59)92-91(72)77-31-16-18-34-83(77)107-92/h1-56H. The lowest BCUT2D eigenvalue weighted by atomic mass is 9.90. The van der Waals surface area contributed by atoms with Crippen molar-refractivity contribution in [3.8, 4) is 124 Å². The van der Waals surface area contributed by atoms with Crippen molar-refractivity contribution in [1.82, 2.24) is 29.9 Å². The van der Waals surface area contributed by atoms with Crippen LogP contribution in [0, 0.1) is 0 Å². The van der Waals surface area contributed by atoms with Crippen LogP contribution in [0.1, 0.15) is 0 Å². The Balaban J connectivity index is 0.613. The van der Waals surface area contributed by atoms with Gasteiger partial charge in [-0.3, -0.25) is 0 Å². The van der Waals surface area contributed by atoms with Crippen molar-refractivity contribution in [2.24, 2.45) is 0 Å². The van der Waals surface area contributed by atoms with Crippen molar-refractivity contribution in [3.05, 3.63) is 340 Å². The molecule has 0 atom stereocenters. The first-order chi connectivity index (χ1) is 53.4. The van der Waals surface area contributed by atoms with E-state index in [1.807, 2.05) is 78.9 Å². The van der Waals surface area contributed by atoms with E-state index in [0.717, 1.165) is 181 Å². The van der Waals surface area contributed by atoms with Crippen LogP contribution in [0.5, 0.6) is 0 Å². The van der Waals surface area contributed by atoms with Crippen LogP contribution >= 0.6 is 11.3 Å². The van der Waals surface area contributed by atoms with Gasteiger partial charge in [-0.2, -0.15) is 0 Å². The second-order valence-electron chi connectivity index (χ2n) is 27.6. The molecule has 108 heavy (non-hydrogen) atoms. The summed E-state index contributed by atoms with van der Waals surface area (Å²) in [5.41, 5.74) is 21.0. The maximum Gasteiger partial charge on any atom is 0.164 e. The van der Waals surface area contributed by atoms with Gasteiger partial charge in [0.15, 0.2) is 34.9 Å². The average molecular weight is 1400 g/mol. The van der Waals surface area contributed by atoms with E-state index in [0.29, 0.717) is 34.9 Å². The monoisotopic (exact) mass is 1400 g/mol. The highest BCUT2D eigenvalue weighted by Gasteiger charge is 2.25. The Morgan fingerprint density at radius 1 is 0.185 bits per heavy atom. The highest BCUT2D eigenvalue weighted by atomic mass is 32.1. The Morgan fingerprint density at radius 3 is 1.34 bits per heavy atom. The molecule has 0 bridgehead atoms. The molecule has 0 aliphatic heterocycles. The summed E-state index contributed by atoms with van der Waals surface area (Å²) in [5, 5.41) is 12.9. The molecule has 22 aromatic rings. The van der Waals surface area contributed by atoms with Crippen molar-refractivity contribution in [1.29, 1.82) is 0 Å². The van der Waals surface area contributed by atoms with E-state index in [2.05, 4.69) is 261 Å². The number of rotatable bonds is 11. The third kappa shape index (κ3) is 10.3. The van der Waals surface area contributed by atoms with Gasteiger partial charge in [0.25, 0.3) is 0 Å². The molecule has 10 heteroatoms. The molecule has 502 valence electrons. The Hall–Kier alpha value is -14.3. The fourth-order valence-corrected chi connectivity index (χ4v) is 17.2. The molecule has 6 heterocycles. The van der Waals surface area contributed by atoms with Gasteiger partial charge in [0.2, 0.25) is 0 Å². The van der Waals surface area contributed by atoms with Crippen LogP contribution in [0.15, 0.2) is 353 Å². The van der Waals surface area contributed by atoms with Crippen molar-refractivity contribution < 1.29 is 13.3 Å². The van der Waals surface area contributed by atoms with Gasteiger partial charge in [0.1, 0.15) is 33.5 Å². The van der Waals surface area contributed by atoms with E-state index in [1.54, 1.807) is 11.3 Å². The summed E-state index contributed by atoms with van der Waals surface area (Å²) in [4.78, 5) is 31.8. The lowest BCUT2D eigenvalue weighted by Gasteiger charge is -2.14. The number of thiophene rings is 1. The van der Waals surface area contributed by atoms with Crippen molar-refractivity contribution in [3.63, 3.8) is 0 Å². The van der Waals surface area contributed by atoms with Gasteiger partial charge in [-0.1, -0.05) is 255 Å². The number of para-hydroxylation sites is 2. The minimum atomic E-state index is 0.540. The quantitative estimate of drug-likeness (QED) is 0.125. The zero-order valence-corrected chi connectivity index (χ0v) is 58.5. The molecular weight excluding hydrogens is 1340 g/mol. The topological polar surface area (TPSA) is 117 Å². The van der Waals surface area contributed by atoms with E-state index in [9.17, 15) is 0 Å². The van der Waals surface area contributed by atoms with E-state index in [4.69, 9.17) is 43.2 Å². The SMILES string of the molecule is c1ccc(-c2cc(-c3cc(-c4nc(-c5ccccc5)nc(-c5cccc6oc7cc(-c8ccc9c(c8)sc8cc(-c%10nc(-c%11ccccc%11)nc(-c%11ccc%12ccc(-c%13ccc(-c%14ccccc%14)c%14oc%15ccccc%15c%13%14)cc%12c%11)n%10)ccc89)ccc7c56)n4)cc4ccccc34)c3c(c2)oc2ccccc23)cc1. The van der Waals surface area contributed by atoms with Crippen LogP contribution in [0.2, 0.25) is 0 Å². The predicted molar refractivity (Wildman–Crippen MR) is 443 cm³/mol. The van der Waals surface area contributed by atoms with Crippen LogP contribution in [-0.2, 0) is 0 Å². The zero-order chi connectivity index (χ0) is 70.9. The number of fused-ring (bicyclic) bond motifs is 14. The van der Waals surface area contributed by atoms with Crippen LogP contribution in [0.4, 0.5) is 0 Å². The van der Waals surface area contributed by atoms with Crippen LogP contribution in [0.3, 0.4) is 0 Å². The Bertz CT molecular complexity index is 7430. The second-order valence-corrected chi connectivity index (χ2v) is 28.7. The minimum Gasteiger partial charge on any atom is -0.456 e. The smallest absolute Gasteiger partial charge is 0.164 e. The molecular formula is C98H56N6O3S. The molecule has 22 rings (SSSR count). The van der Waals surface area contributed by atoms with Gasteiger partial charge in [0.05, 0.1) is 0 Å². The number of benzene rings is 16. The number of nitrogens with zero attached hydrogens (tertiary/aromatic N) is 6. The van der Waals surface area contributed by atoms with E-state index in [1.165, 1.54) is 15.5 Å². The molecule has 0 fully saturated rings. The molecule has 0 spiro atoms. The van der Waals surface area contributed by atoms with E-state index in [-0.39, 0.29) is 0 Å². The summed E-state index contributed by atoms with van der Waals surface area (Å²) in [6, 6.07) is 119. The largest absolute Gasteiger partial charge is 0.456 e. The molecule has 0 unspecified atom stereocenters. The molecule has 9 nitrogen and oxygen atoms in total. The average Bonchev–Trinajstić information content (AvgIpc) is 1.53. The van der Waals surface area contributed by atoms with Crippen molar-refractivity contribution in [2.75, 3.05) is 0 Å². The summed E-state index contributed by atoms with van der Waals surface area (Å²) < 4.78 is 22.5. The van der Waals surface area contributed by atoms with Crippen molar-refractivity contribution in [2.45, 2.75) is 0 Å². The normalized spacial score (nSPS) is 11.9. The summed E-state index contributed by atoms with van der Waals surface area (Å²) >= 11 is 1.77. The zero-order valence-electron chi connectivity index (χ0n) is 57.6. The molecule has 0 N–H and O–H groups in total. The van der Waals surface area contributed by atoms with Gasteiger partial charge >= 0.3 is 0 Å². The molecule has 16 aromatic carbocycles. The maximum absolute atomic E-state index is 6.87. The van der Waals surface area contributed by atoms with E-state index < -0.39 is 0 Å². The third-order valence-electron chi connectivity index (χ3n) is 21.2. The number of aromatic nitrogens is 6. The lowest BCUT2D eigenvalue weighted by molar-refractivity contribution is 0.668. The van der Waals surface area contributed by atoms with E-state index >= 15 is 0 Å². The maximum atomic E-state index is 6.87. The van der Waals surface area contributed by atoms with Gasteiger partial charge in [-0.05, 0) is 157 Å². The van der Waals surface area contributed by atoms with Gasteiger partial charge in [-0.15, -0.1) is 11.3 Å². The molecule has 6 aromatic heterocycles. The van der Waals surface area contributed by atoms with Crippen LogP contribution in [0.25, 0.3) is 231 Å². The van der Waals surface area contributed by atoms with Gasteiger partial charge < -0.3 is 13.3 Å². The molecule has 0 amide bonds. The first-order valence-corrected chi connectivity index (χ1v) is 36.9. The summed E-state index contributed by atoms with van der Waals surface area (Å²) in [6.45, 7) is 0. The Labute approximate surface area is 621 Å². The molecule has 0 saturated carbocycles. The molecule has 0 aliphatic carbocycles. The van der Waals surface area contributed by atoms with Crippen molar-refractivity contribution >= 4 is 119 Å². The number of hydrogen-bond acceptors (Lipinski definition) is 10. The third-order valence-corrected chi connectivity index (χ3v) is 22.3. The first kappa shape index (κ1) is 61.2. The molecule has 0 aliphatic rings. The second kappa shape index (κ2) is 24.7. The van der Waals surface area contributed by atoms with Crippen LogP contribution < -0.4 is 0 Å². The summed E-state index contributed by atoms with van der Waals surface area (Å²) in [7, 11) is 0. The highest BCUT2D eigenvalue weighted by molar-refractivity contribution is 7.25. The molecule has 0 radical (unpaired) electrons. The molecule has 0 saturated heterocycles. The number of furan rings is 3. The van der Waals surface area contributed by atoms with Gasteiger partial charge in [0, 0.05) is 91.4 Å². The van der Waals surface area contributed by atoms with Crippen LogP contribution in [-0.4, -0.2) is 29.9 Å². The number of hydrogen-bond donors (Lipinski definition) is 0. The Morgan fingerprint density at radius 2 is 0.639 bits per heavy atom. The lowest BCUT2D eigenvalue weighted by Crippen LogP contribution is -2.01. The fraction of sp³-hybridized carbons (Fsp3) is 0. The summed E-state index contributed by atoms with van der Waals surface area (Å²) in [6.07, 6.45) is 0. The highest BCUT2D eigenvalue weighted by Crippen LogP contribution is 2.48. The summed E-state index contributed by atoms with van der Waals surface area (Å²) in [5.74, 6) is 3.46. The first-order valence-electron chi connectivity index (χ1n) is 36.1. The predicted octanol–water partition coefficient (Wildman–Crippen LogP) is 26.8. The Kier molecular flexibility index (Phi) is 14.0. The fourth-order valence-electron chi connectivity index (χ4n) is 16.0. The minimum absolute atomic E-state index is 0.540. The van der Waals surface area contributed by atoms with Gasteiger partial charge in [-0.25, -0.2) is 29.9 Å².